The Balaban J connectivity index is 1.75. The Morgan fingerprint density at radius 1 is 1.07 bits per heavy atom. The second-order valence-electron chi connectivity index (χ2n) is 7.77. The van der Waals surface area contributed by atoms with E-state index in [2.05, 4.69) is 20.9 Å². The third kappa shape index (κ3) is 3.08. The van der Waals surface area contributed by atoms with Gasteiger partial charge in [-0.15, -0.1) is 0 Å². The van der Waals surface area contributed by atoms with Crippen LogP contribution in [-0.2, 0) is 0 Å². The fourth-order valence-corrected chi connectivity index (χ4v) is 4.59. The molecule has 1 amide bonds. The van der Waals surface area contributed by atoms with E-state index in [4.69, 9.17) is 17.3 Å². The highest BCUT2D eigenvalue weighted by Crippen LogP contribution is 2.31. The maximum atomic E-state index is 12.2. The number of carbonyl (C=O) groups is 1. The molecule has 0 saturated carbocycles. The highest BCUT2D eigenvalue weighted by molar-refractivity contribution is 6.35. The molecule has 2 N–H and O–H groups in total. The van der Waals surface area contributed by atoms with Crippen molar-refractivity contribution in [3.8, 4) is 5.69 Å². The van der Waals surface area contributed by atoms with Crippen molar-refractivity contribution in [1.29, 1.82) is 0 Å². The second-order valence-corrected chi connectivity index (χ2v) is 8.18. The number of hydrogen-bond acceptors (Lipinski definition) is 4. The molecule has 0 unspecified atom stereocenters. The number of nitrogens with two attached hydrogens (primary N) is 1. The number of halogens is 1. The van der Waals surface area contributed by atoms with Gasteiger partial charge in [-0.25, -0.2) is 4.98 Å². The number of aromatic nitrogens is 3. The van der Waals surface area contributed by atoms with Gasteiger partial charge in [0.05, 0.1) is 33.5 Å². The van der Waals surface area contributed by atoms with E-state index in [0.717, 1.165) is 59.5 Å². The minimum Gasteiger partial charge on any atom is -0.371 e. The number of fused-ring (bicyclic) bond motifs is 2. The number of benzene rings is 2. The zero-order valence-corrected chi connectivity index (χ0v) is 17.5. The molecule has 6 nitrogen and oxygen atoms in total. The van der Waals surface area contributed by atoms with E-state index in [9.17, 15) is 4.79 Å². The van der Waals surface area contributed by atoms with Crippen molar-refractivity contribution < 1.29 is 4.79 Å². The van der Waals surface area contributed by atoms with Gasteiger partial charge in [0.25, 0.3) is 5.91 Å². The SMILES string of the molecule is Cc1nc2c(C(N)=O)cc(N3CCCCC3)cc2n1-c1cnc2c(Cl)cccc2c1. The topological polar surface area (TPSA) is 77.0 Å². The first-order valence-electron chi connectivity index (χ1n) is 10.2. The Morgan fingerprint density at radius 2 is 1.87 bits per heavy atom. The van der Waals surface area contributed by atoms with Crippen molar-refractivity contribution in [2.75, 3.05) is 18.0 Å². The molecular formula is C23H22ClN5O. The van der Waals surface area contributed by atoms with Crippen LogP contribution >= 0.6 is 11.6 Å². The van der Waals surface area contributed by atoms with Crippen LogP contribution in [0.3, 0.4) is 0 Å². The number of anilines is 1. The number of rotatable bonds is 3. The summed E-state index contributed by atoms with van der Waals surface area (Å²) in [6.45, 7) is 3.88. The van der Waals surface area contributed by atoms with Crippen LogP contribution in [0.15, 0.2) is 42.6 Å². The lowest BCUT2D eigenvalue weighted by Crippen LogP contribution is -2.29. The largest absolute Gasteiger partial charge is 0.371 e. The van der Waals surface area contributed by atoms with Gasteiger partial charge in [0.15, 0.2) is 0 Å². The Labute approximate surface area is 179 Å². The number of primary amides is 1. The minimum absolute atomic E-state index is 0.451. The minimum atomic E-state index is -0.466. The number of piperidine rings is 1. The van der Waals surface area contributed by atoms with Crippen molar-refractivity contribution in [3.05, 3.63) is 59.0 Å². The van der Waals surface area contributed by atoms with Crippen LogP contribution in [0.25, 0.3) is 27.6 Å². The number of amides is 1. The van der Waals surface area contributed by atoms with Crippen LogP contribution in [0, 0.1) is 6.92 Å². The van der Waals surface area contributed by atoms with Crippen molar-refractivity contribution in [1.82, 2.24) is 14.5 Å². The first-order chi connectivity index (χ1) is 14.5. The average molecular weight is 420 g/mol. The van der Waals surface area contributed by atoms with Gasteiger partial charge in [-0.3, -0.25) is 14.3 Å². The molecule has 0 bridgehead atoms. The van der Waals surface area contributed by atoms with Gasteiger partial charge < -0.3 is 10.6 Å². The average Bonchev–Trinajstić information content (AvgIpc) is 3.09. The lowest BCUT2D eigenvalue weighted by atomic mass is 10.1. The summed E-state index contributed by atoms with van der Waals surface area (Å²) in [5.74, 6) is 0.304. The Hall–Kier alpha value is -3.12. The number of para-hydroxylation sites is 1. The molecule has 0 aliphatic carbocycles. The normalized spacial score (nSPS) is 14.5. The molecule has 3 heterocycles. The van der Waals surface area contributed by atoms with Crippen LogP contribution in [0.4, 0.5) is 5.69 Å². The first kappa shape index (κ1) is 18.9. The van der Waals surface area contributed by atoms with Gasteiger partial charge in [-0.1, -0.05) is 23.7 Å². The summed E-state index contributed by atoms with van der Waals surface area (Å²) in [5.41, 5.74) is 10.3. The van der Waals surface area contributed by atoms with E-state index < -0.39 is 5.91 Å². The maximum absolute atomic E-state index is 12.2. The van der Waals surface area contributed by atoms with Crippen LogP contribution in [0.2, 0.25) is 5.02 Å². The fraction of sp³-hybridized carbons (Fsp3) is 0.261. The van der Waals surface area contributed by atoms with Gasteiger partial charge in [0, 0.05) is 24.2 Å². The molecule has 1 fully saturated rings. The van der Waals surface area contributed by atoms with Crippen LogP contribution in [-0.4, -0.2) is 33.5 Å². The summed E-state index contributed by atoms with van der Waals surface area (Å²) in [7, 11) is 0. The third-order valence-corrected chi connectivity index (χ3v) is 6.11. The molecule has 2 aromatic carbocycles. The van der Waals surface area contributed by atoms with E-state index in [1.807, 2.05) is 41.8 Å². The first-order valence-corrected chi connectivity index (χ1v) is 10.5. The van der Waals surface area contributed by atoms with E-state index in [1.54, 1.807) is 6.20 Å². The van der Waals surface area contributed by atoms with E-state index in [-0.39, 0.29) is 0 Å². The van der Waals surface area contributed by atoms with Crippen LogP contribution < -0.4 is 10.6 Å². The molecule has 5 rings (SSSR count). The molecule has 1 saturated heterocycles. The van der Waals surface area contributed by atoms with E-state index >= 15 is 0 Å². The highest BCUT2D eigenvalue weighted by atomic mass is 35.5. The maximum Gasteiger partial charge on any atom is 0.251 e. The number of aryl methyl sites for hydroxylation is 1. The van der Waals surface area contributed by atoms with Crippen molar-refractivity contribution in [2.24, 2.45) is 5.73 Å². The summed E-state index contributed by atoms with van der Waals surface area (Å²) in [6, 6.07) is 11.8. The third-order valence-electron chi connectivity index (χ3n) is 5.80. The predicted octanol–water partition coefficient (Wildman–Crippen LogP) is 4.62. The van der Waals surface area contributed by atoms with Gasteiger partial charge in [-0.2, -0.15) is 0 Å². The second kappa shape index (κ2) is 7.29. The van der Waals surface area contributed by atoms with Gasteiger partial charge in [0.1, 0.15) is 11.3 Å². The summed E-state index contributed by atoms with van der Waals surface area (Å²) < 4.78 is 2.03. The van der Waals surface area contributed by atoms with Crippen molar-refractivity contribution in [3.63, 3.8) is 0 Å². The molecule has 0 radical (unpaired) electrons. The molecule has 30 heavy (non-hydrogen) atoms. The number of imidazole rings is 1. The van der Waals surface area contributed by atoms with E-state index in [1.165, 1.54) is 6.42 Å². The number of pyridine rings is 1. The molecule has 152 valence electrons. The molecule has 0 spiro atoms. The summed E-state index contributed by atoms with van der Waals surface area (Å²) in [4.78, 5) is 23.8. The van der Waals surface area contributed by atoms with Crippen LogP contribution in [0.1, 0.15) is 35.4 Å². The zero-order chi connectivity index (χ0) is 20.8. The molecule has 7 heteroatoms. The monoisotopic (exact) mass is 419 g/mol. The molecule has 4 aromatic rings. The quantitative estimate of drug-likeness (QED) is 0.525. The molecule has 1 aliphatic heterocycles. The summed E-state index contributed by atoms with van der Waals surface area (Å²) in [6.07, 6.45) is 5.33. The molecule has 2 aromatic heterocycles. The lowest BCUT2D eigenvalue weighted by Gasteiger charge is -2.29. The molecule has 0 atom stereocenters. The smallest absolute Gasteiger partial charge is 0.251 e. The Kier molecular flexibility index (Phi) is 4.59. The lowest BCUT2D eigenvalue weighted by molar-refractivity contribution is 0.100. The van der Waals surface area contributed by atoms with Crippen LogP contribution in [0.5, 0.6) is 0 Å². The number of nitrogens with zero attached hydrogens (tertiary/aromatic N) is 4. The van der Waals surface area contributed by atoms with Gasteiger partial charge in [-0.05, 0) is 50.5 Å². The van der Waals surface area contributed by atoms with Crippen molar-refractivity contribution in [2.45, 2.75) is 26.2 Å². The van der Waals surface area contributed by atoms with Gasteiger partial charge >= 0.3 is 0 Å². The Bertz CT molecular complexity index is 1290. The van der Waals surface area contributed by atoms with E-state index in [0.29, 0.717) is 16.1 Å². The predicted molar refractivity (Wildman–Crippen MR) is 121 cm³/mol. The summed E-state index contributed by atoms with van der Waals surface area (Å²) >= 11 is 6.28. The molecular weight excluding hydrogens is 398 g/mol. The van der Waals surface area contributed by atoms with Gasteiger partial charge in [0.2, 0.25) is 0 Å². The molecule has 1 aliphatic rings. The number of hydrogen-bond donors (Lipinski definition) is 1. The standard InChI is InChI=1S/C23H22ClN5O/c1-14-27-22-18(23(25)30)11-16(28-8-3-2-4-9-28)12-20(22)29(14)17-10-15-6-5-7-19(24)21(15)26-13-17/h5-7,10-13H,2-4,8-9H2,1H3,(H2,25,30). The van der Waals surface area contributed by atoms with Crippen molar-refractivity contribution >= 4 is 45.1 Å². The fourth-order valence-electron chi connectivity index (χ4n) is 4.36. The zero-order valence-electron chi connectivity index (χ0n) is 16.7. The number of carbonyl (C=O) groups excluding carboxylic acids is 1. The Morgan fingerprint density at radius 3 is 2.63 bits per heavy atom. The highest BCUT2D eigenvalue weighted by Gasteiger charge is 2.20. The summed E-state index contributed by atoms with van der Waals surface area (Å²) in [5, 5.41) is 1.57.